The summed E-state index contributed by atoms with van der Waals surface area (Å²) < 4.78 is 34.3. The fraction of sp³-hybridized carbons (Fsp3) is 0.333. The number of carbonyl (C=O) groups is 1. The molecule has 8 heteroatoms. The van der Waals surface area contributed by atoms with E-state index in [1.807, 2.05) is 17.0 Å². The molecule has 0 atom stereocenters. The summed E-state index contributed by atoms with van der Waals surface area (Å²) in [6.07, 6.45) is 6.25. The number of halogens is 2. The average Bonchev–Trinajstić information content (AvgIpc) is 3.60. The first kappa shape index (κ1) is 21.8. The Labute approximate surface area is 201 Å². The molecule has 1 aliphatic heterocycles. The van der Waals surface area contributed by atoms with E-state index in [0.29, 0.717) is 30.4 Å². The summed E-state index contributed by atoms with van der Waals surface area (Å²) in [4.78, 5) is 18.7. The molecule has 0 bridgehead atoms. The second kappa shape index (κ2) is 8.52. The molecule has 1 N–H and O–H groups in total. The summed E-state index contributed by atoms with van der Waals surface area (Å²) >= 11 is 0. The molecule has 1 fully saturated rings. The predicted molar refractivity (Wildman–Crippen MR) is 128 cm³/mol. The van der Waals surface area contributed by atoms with Gasteiger partial charge in [-0.15, -0.1) is 0 Å². The molecule has 0 unspecified atom stereocenters. The lowest BCUT2D eigenvalue weighted by atomic mass is 9.89. The molecule has 1 aliphatic carbocycles. The first-order chi connectivity index (χ1) is 17.0. The van der Waals surface area contributed by atoms with E-state index in [-0.39, 0.29) is 5.91 Å². The molecule has 2 aliphatic rings. The zero-order valence-electron chi connectivity index (χ0n) is 19.5. The monoisotopic (exact) mass is 476 g/mol. The van der Waals surface area contributed by atoms with Crippen molar-refractivity contribution in [1.29, 1.82) is 0 Å². The van der Waals surface area contributed by atoms with E-state index in [1.54, 1.807) is 11.8 Å². The van der Waals surface area contributed by atoms with Crippen LogP contribution in [0.4, 0.5) is 8.78 Å². The van der Waals surface area contributed by atoms with Gasteiger partial charge >= 0.3 is 0 Å². The van der Waals surface area contributed by atoms with Crippen molar-refractivity contribution in [2.24, 2.45) is 0 Å². The zero-order valence-corrected chi connectivity index (χ0v) is 19.5. The van der Waals surface area contributed by atoms with E-state index in [0.717, 1.165) is 72.1 Å². The minimum absolute atomic E-state index is 0.0801. The molecule has 3 heterocycles. The van der Waals surface area contributed by atoms with Crippen molar-refractivity contribution < 1.29 is 18.3 Å². The SMILES string of the molecule is COc1ccc2[nH]cc(C3CCN(C(=O)c4nn(-c5ccc(F)c(F)c5)c5c4CCC5)CC3)c2c1. The molecule has 2 aromatic heterocycles. The molecule has 0 spiro atoms. The maximum atomic E-state index is 13.9. The molecule has 6 nitrogen and oxygen atoms in total. The summed E-state index contributed by atoms with van der Waals surface area (Å²) in [6, 6.07) is 9.77. The van der Waals surface area contributed by atoms with Crippen LogP contribution in [0.3, 0.4) is 0 Å². The number of nitrogens with one attached hydrogen (secondary N) is 1. The van der Waals surface area contributed by atoms with Gasteiger partial charge in [0.15, 0.2) is 17.3 Å². The van der Waals surface area contributed by atoms with Gasteiger partial charge in [0.05, 0.1) is 12.8 Å². The van der Waals surface area contributed by atoms with Gasteiger partial charge in [-0.1, -0.05) is 0 Å². The van der Waals surface area contributed by atoms with Crippen molar-refractivity contribution >= 4 is 16.8 Å². The highest BCUT2D eigenvalue weighted by atomic mass is 19.2. The van der Waals surface area contributed by atoms with Crippen LogP contribution in [0.25, 0.3) is 16.6 Å². The predicted octanol–water partition coefficient (Wildman–Crippen LogP) is 5.15. The van der Waals surface area contributed by atoms with Crippen molar-refractivity contribution in [2.75, 3.05) is 20.2 Å². The van der Waals surface area contributed by atoms with Crippen molar-refractivity contribution in [3.8, 4) is 11.4 Å². The lowest BCUT2D eigenvalue weighted by Crippen LogP contribution is -2.38. The van der Waals surface area contributed by atoms with Crippen LogP contribution in [0.1, 0.15) is 52.5 Å². The van der Waals surface area contributed by atoms with Gasteiger partial charge in [-0.05, 0) is 73.9 Å². The molecule has 2 aromatic carbocycles. The van der Waals surface area contributed by atoms with Gasteiger partial charge in [-0.2, -0.15) is 5.10 Å². The Morgan fingerprint density at radius 2 is 1.91 bits per heavy atom. The smallest absolute Gasteiger partial charge is 0.274 e. The van der Waals surface area contributed by atoms with Crippen LogP contribution in [-0.2, 0) is 12.8 Å². The molecule has 180 valence electrons. The molecule has 35 heavy (non-hydrogen) atoms. The van der Waals surface area contributed by atoms with Gasteiger partial charge < -0.3 is 14.6 Å². The van der Waals surface area contributed by atoms with E-state index in [1.165, 1.54) is 11.6 Å². The number of H-pyrrole nitrogens is 1. The Morgan fingerprint density at radius 3 is 2.69 bits per heavy atom. The van der Waals surface area contributed by atoms with Crippen molar-refractivity contribution in [2.45, 2.75) is 38.0 Å². The number of fused-ring (bicyclic) bond motifs is 2. The van der Waals surface area contributed by atoms with Crippen LogP contribution in [0, 0.1) is 11.6 Å². The van der Waals surface area contributed by atoms with Gasteiger partial charge in [0.25, 0.3) is 5.91 Å². The van der Waals surface area contributed by atoms with Crippen LogP contribution in [0.15, 0.2) is 42.6 Å². The number of aromatic nitrogens is 3. The van der Waals surface area contributed by atoms with Gasteiger partial charge in [0.1, 0.15) is 5.75 Å². The Morgan fingerprint density at radius 1 is 1.09 bits per heavy atom. The second-order valence-electron chi connectivity index (χ2n) is 9.36. The number of benzene rings is 2. The number of amides is 1. The fourth-order valence-corrected chi connectivity index (χ4v) is 5.57. The van der Waals surface area contributed by atoms with Crippen molar-refractivity contribution in [3.05, 3.63) is 76.7 Å². The fourth-order valence-electron chi connectivity index (χ4n) is 5.57. The van der Waals surface area contributed by atoms with Gasteiger partial charge in [-0.25, -0.2) is 13.5 Å². The van der Waals surface area contributed by atoms with E-state index >= 15 is 0 Å². The van der Waals surface area contributed by atoms with Gasteiger partial charge in [-0.3, -0.25) is 4.79 Å². The van der Waals surface area contributed by atoms with E-state index < -0.39 is 11.6 Å². The van der Waals surface area contributed by atoms with Crippen LogP contribution in [-0.4, -0.2) is 45.8 Å². The number of carbonyl (C=O) groups excluding carboxylic acids is 1. The Kier molecular flexibility index (Phi) is 5.31. The van der Waals surface area contributed by atoms with Crippen LogP contribution in [0.2, 0.25) is 0 Å². The molecular formula is C27H26F2N4O2. The number of nitrogens with zero attached hydrogens (tertiary/aromatic N) is 3. The molecule has 4 aromatic rings. The maximum absolute atomic E-state index is 13.9. The second-order valence-corrected chi connectivity index (χ2v) is 9.36. The minimum atomic E-state index is -0.922. The quantitative estimate of drug-likeness (QED) is 0.443. The normalized spacial score (nSPS) is 16.1. The largest absolute Gasteiger partial charge is 0.497 e. The Hall–Kier alpha value is -3.68. The summed E-state index contributed by atoms with van der Waals surface area (Å²) in [5, 5.41) is 5.76. The van der Waals surface area contributed by atoms with Crippen LogP contribution < -0.4 is 4.74 Å². The number of rotatable bonds is 4. The summed E-state index contributed by atoms with van der Waals surface area (Å²) in [5.74, 6) is -0.717. The third kappa shape index (κ3) is 3.68. The summed E-state index contributed by atoms with van der Waals surface area (Å²) in [5.41, 5.74) is 5.08. The Balaban J connectivity index is 1.23. The molecule has 6 rings (SSSR count). The number of methoxy groups -OCH3 is 1. The van der Waals surface area contributed by atoms with Crippen molar-refractivity contribution in [1.82, 2.24) is 19.7 Å². The number of aromatic amines is 1. The molecule has 0 saturated carbocycles. The van der Waals surface area contributed by atoms with Crippen LogP contribution >= 0.6 is 0 Å². The van der Waals surface area contributed by atoms with Crippen LogP contribution in [0.5, 0.6) is 5.75 Å². The molecule has 0 radical (unpaired) electrons. The van der Waals surface area contributed by atoms with Gasteiger partial charge in [0, 0.05) is 47.5 Å². The van der Waals surface area contributed by atoms with Gasteiger partial charge in [0.2, 0.25) is 0 Å². The minimum Gasteiger partial charge on any atom is -0.497 e. The average molecular weight is 477 g/mol. The highest BCUT2D eigenvalue weighted by Gasteiger charge is 2.32. The number of hydrogen-bond acceptors (Lipinski definition) is 3. The summed E-state index contributed by atoms with van der Waals surface area (Å²) in [6.45, 7) is 1.29. The highest BCUT2D eigenvalue weighted by molar-refractivity contribution is 5.94. The van der Waals surface area contributed by atoms with Crippen molar-refractivity contribution in [3.63, 3.8) is 0 Å². The lowest BCUT2D eigenvalue weighted by Gasteiger charge is -2.31. The zero-order chi connectivity index (χ0) is 24.1. The highest BCUT2D eigenvalue weighted by Crippen LogP contribution is 2.36. The Bertz CT molecular complexity index is 1430. The van der Waals surface area contributed by atoms with E-state index in [2.05, 4.69) is 22.3 Å². The third-order valence-electron chi connectivity index (χ3n) is 7.42. The number of piperidine rings is 1. The number of hydrogen-bond donors (Lipinski definition) is 1. The number of likely N-dealkylation sites (tertiary alicyclic amines) is 1. The van der Waals surface area contributed by atoms with E-state index in [9.17, 15) is 13.6 Å². The first-order valence-electron chi connectivity index (χ1n) is 12.0. The molecule has 1 amide bonds. The summed E-state index contributed by atoms with van der Waals surface area (Å²) in [7, 11) is 1.67. The standard InChI is InChI=1S/C27H26F2N4O2/c1-35-18-6-8-24-20(14-18)21(15-30-24)16-9-11-32(12-10-16)27(34)26-19-3-2-4-25(19)33(31-26)17-5-7-22(28)23(29)13-17/h5-8,13-16,30H,2-4,9-12H2,1H3. The molecule has 1 saturated heterocycles. The topological polar surface area (TPSA) is 63.1 Å². The number of ether oxygens (including phenoxy) is 1. The third-order valence-corrected chi connectivity index (χ3v) is 7.42. The molecular weight excluding hydrogens is 450 g/mol. The maximum Gasteiger partial charge on any atom is 0.274 e. The first-order valence-corrected chi connectivity index (χ1v) is 12.0. The lowest BCUT2D eigenvalue weighted by molar-refractivity contribution is 0.0705. The van der Waals surface area contributed by atoms with E-state index in [4.69, 9.17) is 4.74 Å².